The first-order chi connectivity index (χ1) is 14.9. The summed E-state index contributed by atoms with van der Waals surface area (Å²) in [7, 11) is 0. The summed E-state index contributed by atoms with van der Waals surface area (Å²) in [6, 6.07) is 13.3. The Morgan fingerprint density at radius 1 is 1.03 bits per heavy atom. The molecule has 2 aromatic carbocycles. The molecular formula is C23H27N5O2S. The highest BCUT2D eigenvalue weighted by atomic mass is 32.2. The summed E-state index contributed by atoms with van der Waals surface area (Å²) in [5, 5.41) is 14.9. The van der Waals surface area contributed by atoms with Gasteiger partial charge in [0, 0.05) is 17.8 Å². The van der Waals surface area contributed by atoms with Crippen LogP contribution in [-0.2, 0) is 17.9 Å². The van der Waals surface area contributed by atoms with Crippen LogP contribution in [0.3, 0.4) is 0 Å². The molecule has 3 aromatic rings. The van der Waals surface area contributed by atoms with E-state index < -0.39 is 0 Å². The van der Waals surface area contributed by atoms with E-state index in [0.717, 1.165) is 16.8 Å². The lowest BCUT2D eigenvalue weighted by Crippen LogP contribution is -2.25. The summed E-state index contributed by atoms with van der Waals surface area (Å²) in [5.74, 6) is 0.617. The SMILES string of the molecule is CCn1c(CNC(=O)c2cccc(C)c2)nnc1SCC(=O)Nc1ccc(C)c(C)c1. The number of anilines is 1. The van der Waals surface area contributed by atoms with Crippen molar-refractivity contribution >= 4 is 29.3 Å². The van der Waals surface area contributed by atoms with Crippen LogP contribution in [0.2, 0.25) is 0 Å². The molecule has 1 heterocycles. The van der Waals surface area contributed by atoms with Crippen LogP contribution in [-0.4, -0.2) is 32.3 Å². The summed E-state index contributed by atoms with van der Waals surface area (Å²) in [6.07, 6.45) is 0. The van der Waals surface area contributed by atoms with E-state index in [1.807, 2.05) is 68.7 Å². The third-order valence-electron chi connectivity index (χ3n) is 4.92. The first-order valence-electron chi connectivity index (χ1n) is 10.1. The third-order valence-corrected chi connectivity index (χ3v) is 5.89. The molecule has 0 aliphatic rings. The van der Waals surface area contributed by atoms with Gasteiger partial charge >= 0.3 is 0 Å². The Labute approximate surface area is 186 Å². The molecule has 2 amide bonds. The van der Waals surface area contributed by atoms with E-state index in [1.54, 1.807) is 6.07 Å². The van der Waals surface area contributed by atoms with Crippen molar-refractivity contribution in [2.75, 3.05) is 11.1 Å². The summed E-state index contributed by atoms with van der Waals surface area (Å²) in [5.41, 5.74) is 4.74. The molecule has 162 valence electrons. The Kier molecular flexibility index (Phi) is 7.46. The van der Waals surface area contributed by atoms with E-state index in [0.29, 0.717) is 23.1 Å². The smallest absolute Gasteiger partial charge is 0.251 e. The second-order valence-corrected chi connectivity index (χ2v) is 8.27. The lowest BCUT2D eigenvalue weighted by molar-refractivity contribution is -0.113. The van der Waals surface area contributed by atoms with Gasteiger partial charge in [-0.25, -0.2) is 0 Å². The van der Waals surface area contributed by atoms with Crippen molar-refractivity contribution in [3.05, 3.63) is 70.5 Å². The third kappa shape index (κ3) is 5.95. The average molecular weight is 438 g/mol. The monoisotopic (exact) mass is 437 g/mol. The van der Waals surface area contributed by atoms with E-state index in [9.17, 15) is 9.59 Å². The van der Waals surface area contributed by atoms with Crippen LogP contribution in [0, 0.1) is 20.8 Å². The van der Waals surface area contributed by atoms with E-state index >= 15 is 0 Å². The number of hydrogen-bond donors (Lipinski definition) is 2. The molecule has 0 aliphatic carbocycles. The number of carbonyl (C=O) groups is 2. The fourth-order valence-electron chi connectivity index (χ4n) is 3.07. The average Bonchev–Trinajstić information content (AvgIpc) is 3.15. The Bertz CT molecular complexity index is 1090. The number of benzene rings is 2. The van der Waals surface area contributed by atoms with E-state index in [4.69, 9.17) is 0 Å². The zero-order chi connectivity index (χ0) is 22.4. The topological polar surface area (TPSA) is 88.9 Å². The van der Waals surface area contributed by atoms with Gasteiger partial charge in [0.25, 0.3) is 5.91 Å². The standard InChI is InChI=1S/C23H27N5O2S/c1-5-28-20(13-24-22(30)18-8-6-7-15(2)11-18)26-27-23(28)31-14-21(29)25-19-10-9-16(3)17(4)12-19/h6-12H,5,13-14H2,1-4H3,(H,24,30)(H,25,29). The Balaban J connectivity index is 1.57. The van der Waals surface area contributed by atoms with Gasteiger partial charge in [0.1, 0.15) is 0 Å². The molecule has 1 aromatic heterocycles. The molecule has 0 radical (unpaired) electrons. The molecule has 31 heavy (non-hydrogen) atoms. The summed E-state index contributed by atoms with van der Waals surface area (Å²) in [4.78, 5) is 24.7. The number of amides is 2. The van der Waals surface area contributed by atoms with Gasteiger partial charge in [0.2, 0.25) is 5.91 Å². The van der Waals surface area contributed by atoms with Crippen LogP contribution in [0.4, 0.5) is 5.69 Å². The van der Waals surface area contributed by atoms with Gasteiger partial charge in [0.15, 0.2) is 11.0 Å². The molecule has 3 rings (SSSR count). The maximum atomic E-state index is 12.4. The molecule has 7 nitrogen and oxygen atoms in total. The number of aryl methyl sites for hydroxylation is 3. The minimum Gasteiger partial charge on any atom is -0.345 e. The Morgan fingerprint density at radius 2 is 1.84 bits per heavy atom. The van der Waals surface area contributed by atoms with Crippen LogP contribution in [0.25, 0.3) is 0 Å². The van der Waals surface area contributed by atoms with Crippen molar-refractivity contribution in [2.24, 2.45) is 0 Å². The number of thioether (sulfide) groups is 1. The first-order valence-corrected chi connectivity index (χ1v) is 11.1. The highest BCUT2D eigenvalue weighted by molar-refractivity contribution is 7.99. The van der Waals surface area contributed by atoms with E-state index in [-0.39, 0.29) is 24.1 Å². The summed E-state index contributed by atoms with van der Waals surface area (Å²) >= 11 is 1.32. The van der Waals surface area contributed by atoms with Crippen LogP contribution < -0.4 is 10.6 Å². The Morgan fingerprint density at radius 3 is 2.55 bits per heavy atom. The maximum absolute atomic E-state index is 12.4. The van der Waals surface area contributed by atoms with Crippen LogP contribution in [0.5, 0.6) is 0 Å². The molecule has 2 N–H and O–H groups in total. The number of rotatable bonds is 8. The van der Waals surface area contributed by atoms with Crippen LogP contribution in [0.1, 0.15) is 39.8 Å². The van der Waals surface area contributed by atoms with Gasteiger partial charge in [-0.3, -0.25) is 9.59 Å². The van der Waals surface area contributed by atoms with Gasteiger partial charge < -0.3 is 15.2 Å². The van der Waals surface area contributed by atoms with Gasteiger partial charge in [-0.05, 0) is 63.1 Å². The molecule has 0 fully saturated rings. The largest absolute Gasteiger partial charge is 0.345 e. The van der Waals surface area contributed by atoms with Gasteiger partial charge in [-0.2, -0.15) is 0 Å². The number of aromatic nitrogens is 3. The Hall–Kier alpha value is -3.13. The van der Waals surface area contributed by atoms with Crippen LogP contribution in [0.15, 0.2) is 47.6 Å². The first kappa shape index (κ1) is 22.6. The molecular weight excluding hydrogens is 410 g/mol. The zero-order valence-corrected chi connectivity index (χ0v) is 19.0. The van der Waals surface area contributed by atoms with Crippen molar-refractivity contribution in [2.45, 2.75) is 45.9 Å². The highest BCUT2D eigenvalue weighted by Crippen LogP contribution is 2.19. The number of nitrogens with zero attached hydrogens (tertiary/aromatic N) is 3. The van der Waals surface area contributed by atoms with Crippen molar-refractivity contribution < 1.29 is 9.59 Å². The molecule has 0 saturated heterocycles. The molecule has 8 heteroatoms. The number of nitrogens with one attached hydrogen (secondary N) is 2. The van der Waals surface area contributed by atoms with Gasteiger partial charge in [0.05, 0.1) is 12.3 Å². The highest BCUT2D eigenvalue weighted by Gasteiger charge is 2.15. The van der Waals surface area contributed by atoms with Crippen molar-refractivity contribution in [1.82, 2.24) is 20.1 Å². The normalized spacial score (nSPS) is 10.7. The fourth-order valence-corrected chi connectivity index (χ4v) is 3.89. The maximum Gasteiger partial charge on any atom is 0.251 e. The lowest BCUT2D eigenvalue weighted by atomic mass is 10.1. The predicted molar refractivity (Wildman–Crippen MR) is 123 cm³/mol. The summed E-state index contributed by atoms with van der Waals surface area (Å²) < 4.78 is 1.91. The second kappa shape index (κ2) is 10.3. The fraction of sp³-hybridized carbons (Fsp3) is 0.304. The number of hydrogen-bond acceptors (Lipinski definition) is 5. The van der Waals surface area contributed by atoms with Crippen molar-refractivity contribution in [1.29, 1.82) is 0 Å². The van der Waals surface area contributed by atoms with Crippen molar-refractivity contribution in [3.8, 4) is 0 Å². The van der Waals surface area contributed by atoms with E-state index in [1.165, 1.54) is 17.3 Å². The van der Waals surface area contributed by atoms with Crippen molar-refractivity contribution in [3.63, 3.8) is 0 Å². The molecule has 0 unspecified atom stereocenters. The molecule has 0 saturated carbocycles. The number of carbonyl (C=O) groups excluding carboxylic acids is 2. The predicted octanol–water partition coefficient (Wildman–Crippen LogP) is 3.88. The second-order valence-electron chi connectivity index (χ2n) is 7.33. The minimum absolute atomic E-state index is 0.104. The molecule has 0 atom stereocenters. The minimum atomic E-state index is -0.156. The zero-order valence-electron chi connectivity index (χ0n) is 18.2. The quantitative estimate of drug-likeness (QED) is 0.522. The molecule has 0 aliphatic heterocycles. The summed E-state index contributed by atoms with van der Waals surface area (Å²) in [6.45, 7) is 8.89. The van der Waals surface area contributed by atoms with E-state index in [2.05, 4.69) is 20.8 Å². The van der Waals surface area contributed by atoms with Crippen LogP contribution >= 0.6 is 11.8 Å². The lowest BCUT2D eigenvalue weighted by Gasteiger charge is -2.09. The van der Waals surface area contributed by atoms with Gasteiger partial charge in [-0.15, -0.1) is 10.2 Å². The van der Waals surface area contributed by atoms with Gasteiger partial charge in [-0.1, -0.05) is 35.5 Å². The molecule has 0 spiro atoms. The molecule has 0 bridgehead atoms.